The number of carbonyl (C=O) groups excluding carboxylic acids is 1. The Balaban J connectivity index is 1.72. The van der Waals surface area contributed by atoms with Gasteiger partial charge in [-0.05, 0) is 49.3 Å². The molecule has 0 unspecified atom stereocenters. The second-order valence-corrected chi connectivity index (χ2v) is 8.12. The van der Waals surface area contributed by atoms with E-state index in [4.69, 9.17) is 4.74 Å². The van der Waals surface area contributed by atoms with E-state index in [9.17, 15) is 14.9 Å². The summed E-state index contributed by atoms with van der Waals surface area (Å²) in [6.07, 6.45) is 2.16. The van der Waals surface area contributed by atoms with E-state index in [-0.39, 0.29) is 29.9 Å². The molecule has 150 valence electrons. The van der Waals surface area contributed by atoms with Gasteiger partial charge in [-0.25, -0.2) is 0 Å². The number of thiophene rings is 1. The molecule has 1 fully saturated rings. The maximum Gasteiger partial charge on any atom is 0.293 e. The van der Waals surface area contributed by atoms with Crippen LogP contribution in [0, 0.1) is 24.0 Å². The Morgan fingerprint density at radius 2 is 2.21 bits per heavy atom. The highest BCUT2D eigenvalue weighted by Crippen LogP contribution is 2.30. The summed E-state index contributed by atoms with van der Waals surface area (Å²) in [6.45, 7) is 5.89. The van der Waals surface area contributed by atoms with Crippen LogP contribution in [0.5, 0.6) is 0 Å². The van der Waals surface area contributed by atoms with Gasteiger partial charge < -0.3 is 10.1 Å². The summed E-state index contributed by atoms with van der Waals surface area (Å²) in [5.41, 5.74) is 1.81. The molecule has 1 N–H and O–H groups in total. The monoisotopic (exact) mass is 403 g/mol. The minimum atomic E-state index is -0.460. The molecule has 1 aliphatic rings. The molecular formula is C20H25N3O4S. The van der Waals surface area contributed by atoms with Gasteiger partial charge in [-0.3, -0.25) is 19.8 Å². The van der Waals surface area contributed by atoms with Crippen LogP contribution in [-0.4, -0.2) is 41.5 Å². The van der Waals surface area contributed by atoms with Crippen molar-refractivity contribution in [2.24, 2.45) is 0 Å². The summed E-state index contributed by atoms with van der Waals surface area (Å²) in [4.78, 5) is 26.9. The molecule has 0 spiro atoms. The van der Waals surface area contributed by atoms with Crippen LogP contribution < -0.4 is 5.32 Å². The van der Waals surface area contributed by atoms with E-state index < -0.39 is 4.92 Å². The number of amides is 1. The smallest absolute Gasteiger partial charge is 0.293 e. The van der Waals surface area contributed by atoms with Crippen molar-refractivity contribution in [3.05, 3.63) is 55.8 Å². The van der Waals surface area contributed by atoms with Crippen molar-refractivity contribution in [1.82, 2.24) is 4.90 Å². The number of ether oxygens (including phenoxy) is 1. The maximum atomic E-state index is 12.8. The minimum Gasteiger partial charge on any atom is -0.377 e. The molecule has 0 saturated carbocycles. The second kappa shape index (κ2) is 9.27. The summed E-state index contributed by atoms with van der Waals surface area (Å²) < 4.78 is 5.73. The maximum absolute atomic E-state index is 12.8. The zero-order chi connectivity index (χ0) is 20.1. The SMILES string of the molecule is Cc1ccc([N+](=O)[O-])c(NC(=O)CN(Cc2cccs2)C[C@H]2CCCO2)c1C. The van der Waals surface area contributed by atoms with Crippen molar-refractivity contribution in [2.75, 3.05) is 25.0 Å². The number of benzene rings is 1. The van der Waals surface area contributed by atoms with Gasteiger partial charge in [0.1, 0.15) is 5.69 Å². The van der Waals surface area contributed by atoms with Crippen molar-refractivity contribution in [3.63, 3.8) is 0 Å². The van der Waals surface area contributed by atoms with E-state index >= 15 is 0 Å². The molecule has 1 atom stereocenters. The van der Waals surface area contributed by atoms with Crippen molar-refractivity contribution in [1.29, 1.82) is 0 Å². The van der Waals surface area contributed by atoms with Crippen molar-refractivity contribution >= 4 is 28.6 Å². The third-order valence-electron chi connectivity index (χ3n) is 4.99. The highest BCUT2D eigenvalue weighted by atomic mass is 32.1. The van der Waals surface area contributed by atoms with Gasteiger partial charge in [0.2, 0.25) is 5.91 Å². The summed E-state index contributed by atoms with van der Waals surface area (Å²) in [6, 6.07) is 7.17. The molecule has 8 heteroatoms. The van der Waals surface area contributed by atoms with E-state index in [0.29, 0.717) is 18.7 Å². The van der Waals surface area contributed by atoms with Crippen LogP contribution in [0.4, 0.5) is 11.4 Å². The van der Waals surface area contributed by atoms with Gasteiger partial charge in [-0.2, -0.15) is 0 Å². The van der Waals surface area contributed by atoms with Gasteiger partial charge in [-0.1, -0.05) is 12.1 Å². The van der Waals surface area contributed by atoms with Gasteiger partial charge >= 0.3 is 0 Å². The van der Waals surface area contributed by atoms with Crippen molar-refractivity contribution in [3.8, 4) is 0 Å². The zero-order valence-electron chi connectivity index (χ0n) is 16.1. The van der Waals surface area contributed by atoms with Gasteiger partial charge in [0.25, 0.3) is 5.69 Å². The Morgan fingerprint density at radius 1 is 1.39 bits per heavy atom. The molecule has 7 nitrogen and oxygen atoms in total. The molecule has 1 aromatic heterocycles. The fraction of sp³-hybridized carbons (Fsp3) is 0.450. The van der Waals surface area contributed by atoms with Crippen molar-refractivity contribution in [2.45, 2.75) is 39.3 Å². The van der Waals surface area contributed by atoms with Crippen LogP contribution in [-0.2, 0) is 16.1 Å². The van der Waals surface area contributed by atoms with Gasteiger partial charge in [0.05, 0.1) is 17.6 Å². The third-order valence-corrected chi connectivity index (χ3v) is 5.85. The first kappa shape index (κ1) is 20.4. The lowest BCUT2D eigenvalue weighted by Gasteiger charge is -2.24. The zero-order valence-corrected chi connectivity index (χ0v) is 17.0. The fourth-order valence-electron chi connectivity index (χ4n) is 3.38. The van der Waals surface area contributed by atoms with E-state index in [1.807, 2.05) is 29.3 Å². The topological polar surface area (TPSA) is 84.7 Å². The second-order valence-electron chi connectivity index (χ2n) is 7.09. The first-order valence-electron chi connectivity index (χ1n) is 9.35. The van der Waals surface area contributed by atoms with Crippen LogP contribution in [0.25, 0.3) is 0 Å². The predicted octanol–water partition coefficient (Wildman–Crippen LogP) is 3.89. The van der Waals surface area contributed by atoms with Gasteiger partial charge in [0.15, 0.2) is 0 Å². The number of nitrogens with zero attached hydrogens (tertiary/aromatic N) is 2. The lowest BCUT2D eigenvalue weighted by molar-refractivity contribution is -0.384. The first-order valence-corrected chi connectivity index (χ1v) is 10.2. The summed E-state index contributed by atoms with van der Waals surface area (Å²) in [5.74, 6) is -0.258. The number of anilines is 1. The largest absolute Gasteiger partial charge is 0.377 e. The molecule has 0 radical (unpaired) electrons. The Hall–Kier alpha value is -2.29. The van der Waals surface area contributed by atoms with E-state index in [0.717, 1.165) is 25.0 Å². The summed E-state index contributed by atoms with van der Waals surface area (Å²) in [7, 11) is 0. The molecule has 0 bridgehead atoms. The number of nitrogens with one attached hydrogen (secondary N) is 1. The van der Waals surface area contributed by atoms with Gasteiger partial charge in [-0.15, -0.1) is 11.3 Å². The summed E-state index contributed by atoms with van der Waals surface area (Å²) in [5, 5.41) is 16.1. The number of nitro benzene ring substituents is 1. The molecule has 3 rings (SSSR count). The third kappa shape index (κ3) is 5.15. The van der Waals surface area contributed by atoms with Crippen LogP contribution >= 0.6 is 11.3 Å². The summed E-state index contributed by atoms with van der Waals surface area (Å²) >= 11 is 1.65. The average Bonchev–Trinajstić information content (AvgIpc) is 3.33. The van der Waals surface area contributed by atoms with Crippen LogP contribution in [0.1, 0.15) is 28.8 Å². The number of aryl methyl sites for hydroxylation is 1. The minimum absolute atomic E-state index is 0.0830. The molecular weight excluding hydrogens is 378 g/mol. The normalized spacial score (nSPS) is 16.5. The quantitative estimate of drug-likeness (QED) is 0.534. The highest BCUT2D eigenvalue weighted by molar-refractivity contribution is 7.09. The number of hydrogen-bond acceptors (Lipinski definition) is 6. The van der Waals surface area contributed by atoms with E-state index in [1.165, 1.54) is 10.9 Å². The molecule has 2 heterocycles. The lowest BCUT2D eigenvalue weighted by Crippen LogP contribution is -2.37. The number of nitro groups is 1. The van der Waals surface area contributed by atoms with E-state index in [1.54, 1.807) is 24.3 Å². The van der Waals surface area contributed by atoms with Crippen LogP contribution in [0.2, 0.25) is 0 Å². The standard InChI is InChI=1S/C20H25N3O4S/c1-14-7-8-18(23(25)26)20(15(14)2)21-19(24)13-22(11-16-5-3-9-27-16)12-17-6-4-10-28-17/h4,6-8,10,16H,3,5,9,11-13H2,1-2H3,(H,21,24)/t16-/m1/s1. The number of carbonyl (C=O) groups is 1. The molecule has 1 aliphatic heterocycles. The number of rotatable bonds is 8. The molecule has 1 amide bonds. The molecule has 0 aliphatic carbocycles. The van der Waals surface area contributed by atoms with Crippen LogP contribution in [0.15, 0.2) is 29.6 Å². The number of hydrogen-bond donors (Lipinski definition) is 1. The van der Waals surface area contributed by atoms with Crippen LogP contribution in [0.3, 0.4) is 0 Å². The Morgan fingerprint density at radius 3 is 2.86 bits per heavy atom. The van der Waals surface area contributed by atoms with Gasteiger partial charge in [0, 0.05) is 30.6 Å². The molecule has 1 saturated heterocycles. The molecule has 1 aromatic carbocycles. The van der Waals surface area contributed by atoms with Crippen molar-refractivity contribution < 1.29 is 14.5 Å². The lowest BCUT2D eigenvalue weighted by atomic mass is 10.1. The average molecular weight is 404 g/mol. The Labute approximate surface area is 168 Å². The first-order chi connectivity index (χ1) is 13.4. The fourth-order valence-corrected chi connectivity index (χ4v) is 4.12. The predicted molar refractivity (Wildman–Crippen MR) is 110 cm³/mol. The molecule has 28 heavy (non-hydrogen) atoms. The highest BCUT2D eigenvalue weighted by Gasteiger charge is 2.23. The molecule has 2 aromatic rings. The Kier molecular flexibility index (Phi) is 6.77. The van der Waals surface area contributed by atoms with E-state index in [2.05, 4.69) is 5.32 Å². The Bertz CT molecular complexity index is 832.